The topological polar surface area (TPSA) is 35.6 Å². The zero-order valence-corrected chi connectivity index (χ0v) is 32.6. The molecule has 12 aromatic rings. The molecule has 3 aromatic heterocycles. The predicted molar refractivity (Wildman–Crippen MR) is 250 cm³/mol. The maximum absolute atomic E-state index is 5.22. The molecule has 0 bridgehead atoms. The van der Waals surface area contributed by atoms with E-state index in [1.165, 1.54) is 54.7 Å². The monoisotopic (exact) mass is 764 g/mol. The van der Waals surface area contributed by atoms with Gasteiger partial charge in [0.1, 0.15) is 0 Å². The summed E-state index contributed by atoms with van der Waals surface area (Å²) in [7, 11) is 0. The van der Waals surface area contributed by atoms with Gasteiger partial charge in [-0.15, -0.1) is 0 Å². The summed E-state index contributed by atoms with van der Waals surface area (Å²) in [5.74, 6) is 0.693. The lowest BCUT2D eigenvalue weighted by Gasteiger charge is -2.12. The summed E-state index contributed by atoms with van der Waals surface area (Å²) in [6.07, 6.45) is 0. The van der Waals surface area contributed by atoms with Crippen LogP contribution < -0.4 is 0 Å². The highest BCUT2D eigenvalue weighted by Crippen LogP contribution is 2.42. The minimum absolute atomic E-state index is 0.693. The number of fused-ring (bicyclic) bond motifs is 8. The Kier molecular flexibility index (Phi) is 7.82. The van der Waals surface area contributed by atoms with Gasteiger partial charge in [0.05, 0.1) is 33.5 Å². The highest BCUT2D eigenvalue weighted by molar-refractivity contribution is 6.26. The second kappa shape index (κ2) is 13.8. The van der Waals surface area contributed by atoms with E-state index in [1.54, 1.807) is 0 Å². The Morgan fingerprint density at radius 3 is 1.58 bits per heavy atom. The van der Waals surface area contributed by atoms with Crippen LogP contribution in [0.5, 0.6) is 0 Å². The highest BCUT2D eigenvalue weighted by Gasteiger charge is 2.21. The third-order valence-electron chi connectivity index (χ3n) is 11.9. The molecule has 3 heterocycles. The van der Waals surface area contributed by atoms with E-state index < -0.39 is 0 Å². The van der Waals surface area contributed by atoms with E-state index >= 15 is 0 Å². The van der Waals surface area contributed by atoms with E-state index in [1.807, 2.05) is 12.1 Å². The van der Waals surface area contributed by atoms with E-state index in [0.717, 1.165) is 50.2 Å². The summed E-state index contributed by atoms with van der Waals surface area (Å²) in [4.78, 5) is 10.4. The second-order valence-corrected chi connectivity index (χ2v) is 15.4. The molecule has 0 radical (unpaired) electrons. The molecule has 280 valence electrons. The molecule has 60 heavy (non-hydrogen) atoms. The van der Waals surface area contributed by atoms with E-state index in [-0.39, 0.29) is 0 Å². The van der Waals surface area contributed by atoms with E-state index in [2.05, 4.69) is 215 Å². The van der Waals surface area contributed by atoms with Gasteiger partial charge in [0, 0.05) is 49.6 Å². The molecule has 0 N–H and O–H groups in total. The first-order valence-electron chi connectivity index (χ1n) is 20.4. The molecule has 0 saturated carbocycles. The molecule has 4 heteroatoms. The lowest BCUT2D eigenvalue weighted by molar-refractivity contribution is 1.18. The number of benzene rings is 9. The molecule has 0 atom stereocenters. The predicted octanol–water partition coefficient (Wildman–Crippen LogP) is 14.5. The summed E-state index contributed by atoms with van der Waals surface area (Å²) in [6, 6.07) is 77.9. The number of hydrogen-bond acceptors (Lipinski definition) is 2. The molecule has 0 unspecified atom stereocenters. The van der Waals surface area contributed by atoms with Crippen molar-refractivity contribution in [3.05, 3.63) is 218 Å². The van der Waals surface area contributed by atoms with Gasteiger partial charge in [0.2, 0.25) is 0 Å². The maximum Gasteiger partial charge on any atom is 0.160 e. The van der Waals surface area contributed by atoms with Crippen LogP contribution in [0, 0.1) is 0 Å². The lowest BCUT2D eigenvalue weighted by atomic mass is 10.0. The summed E-state index contributed by atoms with van der Waals surface area (Å²) in [5.41, 5.74) is 14.2. The van der Waals surface area contributed by atoms with Crippen molar-refractivity contribution >= 4 is 54.4 Å². The molecule has 4 nitrogen and oxygen atoms in total. The Morgan fingerprint density at radius 2 is 0.850 bits per heavy atom. The smallest absolute Gasteiger partial charge is 0.160 e. The molecular weight excluding hydrogens is 729 g/mol. The molecule has 0 spiro atoms. The van der Waals surface area contributed by atoms with Crippen LogP contribution in [-0.2, 0) is 0 Å². The molecule has 0 amide bonds. The van der Waals surface area contributed by atoms with Crippen LogP contribution in [0.15, 0.2) is 218 Å². The fraction of sp³-hybridized carbons (Fsp3) is 0. The average molecular weight is 765 g/mol. The van der Waals surface area contributed by atoms with Gasteiger partial charge in [0.15, 0.2) is 5.82 Å². The first-order valence-corrected chi connectivity index (χ1v) is 20.4. The highest BCUT2D eigenvalue weighted by atomic mass is 15.0. The Hall–Kier alpha value is -8.08. The van der Waals surface area contributed by atoms with Crippen LogP contribution in [0.4, 0.5) is 0 Å². The molecule has 0 aliphatic carbocycles. The molecule has 9 aromatic carbocycles. The summed E-state index contributed by atoms with van der Waals surface area (Å²) in [6.45, 7) is 0. The van der Waals surface area contributed by atoms with Crippen molar-refractivity contribution in [2.24, 2.45) is 0 Å². The van der Waals surface area contributed by atoms with Gasteiger partial charge >= 0.3 is 0 Å². The number of aromatic nitrogens is 4. The Morgan fingerprint density at radius 1 is 0.300 bits per heavy atom. The Balaban J connectivity index is 1.03. The fourth-order valence-corrected chi connectivity index (χ4v) is 9.09. The third-order valence-corrected chi connectivity index (χ3v) is 11.9. The largest absolute Gasteiger partial charge is 0.309 e. The molecule has 12 rings (SSSR count). The quantitative estimate of drug-likeness (QED) is 0.169. The summed E-state index contributed by atoms with van der Waals surface area (Å²) in [5, 5.41) is 7.25. The number of rotatable bonds is 6. The first-order chi connectivity index (χ1) is 29.7. The first kappa shape index (κ1) is 34.0. The van der Waals surface area contributed by atoms with Crippen LogP contribution in [0.25, 0.3) is 111 Å². The number of nitrogens with zero attached hydrogens (tertiary/aromatic N) is 4. The summed E-state index contributed by atoms with van der Waals surface area (Å²) >= 11 is 0. The van der Waals surface area contributed by atoms with Crippen molar-refractivity contribution < 1.29 is 0 Å². The minimum atomic E-state index is 0.693. The standard InChI is InChI=1S/C56H36N4/c1-4-14-37(15-5-1)38-24-27-41(28-25-38)50-36-49(40-16-6-2-7-17-40)57-56(58-50)42-29-26-39-30-31-45(35-43(39)34-42)59-52-23-13-11-21-48(52)54-53(59)33-32-47-46-20-10-12-22-51(46)60(55(47)54)44-18-8-3-9-19-44/h1-36H. The Labute approximate surface area is 346 Å². The normalized spacial score (nSPS) is 11.7. The second-order valence-electron chi connectivity index (χ2n) is 15.4. The average Bonchev–Trinajstić information content (AvgIpc) is 3.85. The van der Waals surface area contributed by atoms with Crippen LogP contribution in [0.1, 0.15) is 0 Å². The van der Waals surface area contributed by atoms with E-state index in [4.69, 9.17) is 9.97 Å². The van der Waals surface area contributed by atoms with Crippen LogP contribution in [0.2, 0.25) is 0 Å². The van der Waals surface area contributed by atoms with Crippen LogP contribution >= 0.6 is 0 Å². The van der Waals surface area contributed by atoms with Crippen molar-refractivity contribution in [2.75, 3.05) is 0 Å². The van der Waals surface area contributed by atoms with Gasteiger partial charge in [0.25, 0.3) is 0 Å². The van der Waals surface area contributed by atoms with Crippen LogP contribution in [0.3, 0.4) is 0 Å². The van der Waals surface area contributed by atoms with Gasteiger partial charge in [-0.2, -0.15) is 0 Å². The maximum atomic E-state index is 5.22. The van der Waals surface area contributed by atoms with Crippen molar-refractivity contribution in [1.82, 2.24) is 19.1 Å². The zero-order chi connectivity index (χ0) is 39.6. The molecular formula is C56H36N4. The van der Waals surface area contributed by atoms with Gasteiger partial charge in [-0.3, -0.25) is 0 Å². The zero-order valence-electron chi connectivity index (χ0n) is 32.6. The SMILES string of the molecule is c1ccc(-c2ccc(-c3cc(-c4ccccc4)nc(-c4ccc5ccc(-n6c7ccccc7c7c6ccc6c8ccccc8n(-c8ccccc8)c67)cc5c4)n3)cc2)cc1. The van der Waals surface area contributed by atoms with Gasteiger partial charge in [-0.25, -0.2) is 9.97 Å². The van der Waals surface area contributed by atoms with Gasteiger partial charge < -0.3 is 9.13 Å². The van der Waals surface area contributed by atoms with Gasteiger partial charge in [-0.1, -0.05) is 164 Å². The third kappa shape index (κ3) is 5.53. The summed E-state index contributed by atoms with van der Waals surface area (Å²) < 4.78 is 4.86. The molecule has 0 aliphatic rings. The molecule has 0 fully saturated rings. The number of hydrogen-bond donors (Lipinski definition) is 0. The van der Waals surface area contributed by atoms with Crippen molar-refractivity contribution in [1.29, 1.82) is 0 Å². The van der Waals surface area contributed by atoms with Crippen molar-refractivity contribution in [3.63, 3.8) is 0 Å². The van der Waals surface area contributed by atoms with E-state index in [9.17, 15) is 0 Å². The van der Waals surface area contributed by atoms with Crippen molar-refractivity contribution in [3.8, 4) is 56.4 Å². The fourth-order valence-electron chi connectivity index (χ4n) is 9.09. The van der Waals surface area contributed by atoms with E-state index in [0.29, 0.717) is 5.82 Å². The molecule has 0 aliphatic heterocycles. The molecule has 0 saturated heterocycles. The van der Waals surface area contributed by atoms with Crippen molar-refractivity contribution in [2.45, 2.75) is 0 Å². The lowest BCUT2D eigenvalue weighted by Crippen LogP contribution is -1.97. The Bertz CT molecular complexity index is 3570. The number of para-hydroxylation sites is 3. The van der Waals surface area contributed by atoms with Crippen LogP contribution in [-0.4, -0.2) is 19.1 Å². The minimum Gasteiger partial charge on any atom is -0.309 e. The van der Waals surface area contributed by atoms with Gasteiger partial charge in [-0.05, 0) is 76.5 Å².